The van der Waals surface area contributed by atoms with Crippen molar-refractivity contribution in [3.8, 4) is 5.75 Å². The van der Waals surface area contributed by atoms with Crippen LogP contribution in [0.1, 0.15) is 44.2 Å². The van der Waals surface area contributed by atoms with Gasteiger partial charge in [-0.15, -0.1) is 0 Å². The topological polar surface area (TPSA) is 51.5 Å². The van der Waals surface area contributed by atoms with Crippen molar-refractivity contribution in [3.05, 3.63) is 30.0 Å². The van der Waals surface area contributed by atoms with Gasteiger partial charge in [-0.25, -0.2) is 0 Å². The molecule has 0 radical (unpaired) electrons. The zero-order valence-electron chi connectivity index (χ0n) is 13.1. The van der Waals surface area contributed by atoms with E-state index >= 15 is 0 Å². The molecule has 1 aromatic heterocycles. The highest BCUT2D eigenvalue weighted by molar-refractivity contribution is 5.97. The summed E-state index contributed by atoms with van der Waals surface area (Å²) in [7, 11) is 1.59. The molecule has 2 aromatic rings. The zero-order chi connectivity index (χ0) is 15.4. The van der Waals surface area contributed by atoms with Crippen LogP contribution in [0.25, 0.3) is 11.0 Å². The van der Waals surface area contributed by atoms with Gasteiger partial charge < -0.3 is 14.5 Å². The second-order valence-electron chi connectivity index (χ2n) is 5.83. The smallest absolute Gasteiger partial charge is 0.287 e. The average molecular weight is 289 g/mol. The van der Waals surface area contributed by atoms with Gasteiger partial charge in [0.15, 0.2) is 17.1 Å². The van der Waals surface area contributed by atoms with Crippen molar-refractivity contribution < 1.29 is 13.9 Å². The molecule has 1 heterocycles. The number of benzene rings is 1. The van der Waals surface area contributed by atoms with Gasteiger partial charge >= 0.3 is 0 Å². The van der Waals surface area contributed by atoms with Crippen molar-refractivity contribution in [1.29, 1.82) is 0 Å². The van der Waals surface area contributed by atoms with Crippen LogP contribution in [0, 0.1) is 5.92 Å². The molecule has 4 nitrogen and oxygen atoms in total. The molecule has 0 aliphatic rings. The van der Waals surface area contributed by atoms with Crippen molar-refractivity contribution in [1.82, 2.24) is 5.32 Å². The second kappa shape index (κ2) is 6.66. The molecule has 0 fully saturated rings. The Kier molecular flexibility index (Phi) is 4.89. The molecule has 0 bridgehead atoms. The second-order valence-corrected chi connectivity index (χ2v) is 5.83. The molecule has 21 heavy (non-hydrogen) atoms. The van der Waals surface area contributed by atoms with Crippen LogP contribution in [0.4, 0.5) is 0 Å². The maximum atomic E-state index is 12.2. The predicted octanol–water partition coefficient (Wildman–Crippen LogP) is 4.00. The number of hydrogen-bond donors (Lipinski definition) is 1. The Morgan fingerprint density at radius 2 is 2.05 bits per heavy atom. The SMILES string of the molecule is COc1cccc2cc(C(=O)NC(C)CCC(C)C)oc12. The summed E-state index contributed by atoms with van der Waals surface area (Å²) in [6.07, 6.45) is 2.06. The predicted molar refractivity (Wildman–Crippen MR) is 83.8 cm³/mol. The van der Waals surface area contributed by atoms with E-state index < -0.39 is 0 Å². The molecule has 1 unspecified atom stereocenters. The van der Waals surface area contributed by atoms with E-state index in [0.29, 0.717) is 23.0 Å². The number of carbonyl (C=O) groups excluding carboxylic acids is 1. The monoisotopic (exact) mass is 289 g/mol. The summed E-state index contributed by atoms with van der Waals surface area (Å²) < 4.78 is 10.9. The number of furan rings is 1. The van der Waals surface area contributed by atoms with E-state index in [4.69, 9.17) is 9.15 Å². The summed E-state index contributed by atoms with van der Waals surface area (Å²) in [5.41, 5.74) is 0.611. The first-order valence-electron chi connectivity index (χ1n) is 7.38. The molecule has 1 N–H and O–H groups in total. The van der Waals surface area contributed by atoms with Gasteiger partial charge in [0.05, 0.1) is 7.11 Å². The first kappa shape index (κ1) is 15.4. The Hall–Kier alpha value is -1.97. The van der Waals surface area contributed by atoms with E-state index in [2.05, 4.69) is 19.2 Å². The summed E-state index contributed by atoms with van der Waals surface area (Å²) in [6.45, 7) is 6.38. The first-order chi connectivity index (χ1) is 10.0. The lowest BCUT2D eigenvalue weighted by Crippen LogP contribution is -2.32. The van der Waals surface area contributed by atoms with Gasteiger partial charge in [0.2, 0.25) is 0 Å². The molecular weight excluding hydrogens is 266 g/mol. The Morgan fingerprint density at radius 3 is 2.71 bits per heavy atom. The summed E-state index contributed by atoms with van der Waals surface area (Å²) in [6, 6.07) is 7.49. The number of hydrogen-bond acceptors (Lipinski definition) is 3. The fraction of sp³-hybridized carbons (Fsp3) is 0.471. The lowest BCUT2D eigenvalue weighted by atomic mass is 10.0. The third-order valence-electron chi connectivity index (χ3n) is 3.51. The number of para-hydroxylation sites is 1. The van der Waals surface area contributed by atoms with Gasteiger partial charge in [-0.2, -0.15) is 0 Å². The molecule has 1 atom stereocenters. The van der Waals surface area contributed by atoms with Crippen LogP contribution in [-0.2, 0) is 0 Å². The van der Waals surface area contributed by atoms with Gasteiger partial charge in [-0.05, 0) is 37.8 Å². The number of methoxy groups -OCH3 is 1. The number of nitrogens with one attached hydrogen (secondary N) is 1. The Bertz CT molecular complexity index is 616. The third-order valence-corrected chi connectivity index (χ3v) is 3.51. The molecule has 0 saturated heterocycles. The number of amides is 1. The third kappa shape index (κ3) is 3.78. The minimum atomic E-state index is -0.176. The van der Waals surface area contributed by atoms with Crippen LogP contribution < -0.4 is 10.1 Å². The van der Waals surface area contributed by atoms with Gasteiger partial charge in [0.1, 0.15) is 0 Å². The minimum absolute atomic E-state index is 0.134. The quantitative estimate of drug-likeness (QED) is 0.874. The van der Waals surface area contributed by atoms with E-state index in [-0.39, 0.29) is 11.9 Å². The number of carbonyl (C=O) groups is 1. The molecule has 114 valence electrons. The van der Waals surface area contributed by atoms with Crippen molar-refractivity contribution in [2.45, 2.75) is 39.7 Å². The van der Waals surface area contributed by atoms with Gasteiger partial charge in [-0.1, -0.05) is 26.0 Å². The zero-order valence-corrected chi connectivity index (χ0v) is 13.1. The van der Waals surface area contributed by atoms with Crippen LogP contribution in [0.3, 0.4) is 0 Å². The number of fused-ring (bicyclic) bond motifs is 1. The Morgan fingerprint density at radius 1 is 1.29 bits per heavy atom. The van der Waals surface area contributed by atoms with Crippen molar-refractivity contribution in [2.24, 2.45) is 5.92 Å². The van der Waals surface area contributed by atoms with Gasteiger partial charge in [0, 0.05) is 11.4 Å². The first-order valence-corrected chi connectivity index (χ1v) is 7.38. The minimum Gasteiger partial charge on any atom is -0.493 e. The molecule has 0 spiro atoms. The van der Waals surface area contributed by atoms with E-state index in [1.165, 1.54) is 0 Å². The van der Waals surface area contributed by atoms with Crippen LogP contribution in [0.2, 0.25) is 0 Å². The maximum Gasteiger partial charge on any atom is 0.287 e. The van der Waals surface area contributed by atoms with Crippen molar-refractivity contribution in [2.75, 3.05) is 7.11 Å². The van der Waals surface area contributed by atoms with Gasteiger partial charge in [-0.3, -0.25) is 4.79 Å². The van der Waals surface area contributed by atoms with Crippen LogP contribution >= 0.6 is 0 Å². The van der Waals surface area contributed by atoms with Gasteiger partial charge in [0.25, 0.3) is 5.91 Å². The summed E-state index contributed by atoms with van der Waals surface area (Å²) in [5, 5.41) is 3.85. The lowest BCUT2D eigenvalue weighted by Gasteiger charge is -2.13. The van der Waals surface area contributed by atoms with Crippen molar-refractivity contribution in [3.63, 3.8) is 0 Å². The molecular formula is C17H23NO3. The standard InChI is InChI=1S/C17H23NO3/c1-11(2)8-9-12(3)18-17(19)15-10-13-6-5-7-14(20-4)16(13)21-15/h5-7,10-12H,8-9H2,1-4H3,(H,18,19). The largest absolute Gasteiger partial charge is 0.493 e. The van der Waals surface area contributed by atoms with E-state index in [1.54, 1.807) is 13.2 Å². The highest BCUT2D eigenvalue weighted by atomic mass is 16.5. The fourth-order valence-electron chi connectivity index (χ4n) is 2.26. The van der Waals surface area contributed by atoms with Crippen LogP contribution in [-0.4, -0.2) is 19.1 Å². The molecule has 0 aliphatic carbocycles. The Labute approximate surface area is 125 Å². The Balaban J connectivity index is 2.09. The highest BCUT2D eigenvalue weighted by Gasteiger charge is 2.16. The molecule has 1 aromatic carbocycles. The fourth-order valence-corrected chi connectivity index (χ4v) is 2.26. The van der Waals surface area contributed by atoms with Crippen molar-refractivity contribution >= 4 is 16.9 Å². The molecule has 0 saturated carbocycles. The molecule has 4 heteroatoms. The summed E-state index contributed by atoms with van der Waals surface area (Å²) >= 11 is 0. The normalized spacial score (nSPS) is 12.6. The summed E-state index contributed by atoms with van der Waals surface area (Å²) in [4.78, 5) is 12.2. The molecule has 2 rings (SSSR count). The van der Waals surface area contributed by atoms with E-state index in [9.17, 15) is 4.79 Å². The van der Waals surface area contributed by atoms with E-state index in [1.807, 2.05) is 25.1 Å². The molecule has 0 aliphatic heterocycles. The maximum absolute atomic E-state index is 12.2. The summed E-state index contributed by atoms with van der Waals surface area (Å²) in [5.74, 6) is 1.43. The number of ether oxygens (including phenoxy) is 1. The van der Waals surface area contributed by atoms with E-state index in [0.717, 1.165) is 18.2 Å². The lowest BCUT2D eigenvalue weighted by molar-refractivity contribution is 0.0911. The average Bonchev–Trinajstić information content (AvgIpc) is 2.89. The van der Waals surface area contributed by atoms with Crippen LogP contribution in [0.15, 0.2) is 28.7 Å². The number of rotatable bonds is 6. The van der Waals surface area contributed by atoms with Crippen LogP contribution in [0.5, 0.6) is 5.75 Å². The highest BCUT2D eigenvalue weighted by Crippen LogP contribution is 2.28. The molecule has 1 amide bonds.